The molecule has 0 radical (unpaired) electrons. The Balaban J connectivity index is 2.12. The normalized spacial score (nSPS) is 11.8. The summed E-state index contributed by atoms with van der Waals surface area (Å²) in [5.41, 5.74) is 3.08. The fourth-order valence-corrected chi connectivity index (χ4v) is 2.49. The molecular weight excluding hydrogens is 304 g/mol. The summed E-state index contributed by atoms with van der Waals surface area (Å²) < 4.78 is 0. The highest BCUT2D eigenvalue weighted by Gasteiger charge is 2.20. The van der Waals surface area contributed by atoms with Crippen molar-refractivity contribution in [3.05, 3.63) is 64.5 Å². The summed E-state index contributed by atoms with van der Waals surface area (Å²) in [4.78, 5) is 29.4. The van der Waals surface area contributed by atoms with Gasteiger partial charge in [-0.05, 0) is 44.9 Å². The molecule has 2 rings (SSSR count). The largest absolute Gasteiger partial charge is 0.478 e. The van der Waals surface area contributed by atoms with Crippen molar-refractivity contribution in [1.82, 2.24) is 9.88 Å². The van der Waals surface area contributed by atoms with Gasteiger partial charge in [0.25, 0.3) is 5.91 Å². The molecule has 1 aromatic heterocycles. The van der Waals surface area contributed by atoms with E-state index in [0.717, 1.165) is 12.0 Å². The molecule has 1 aromatic carbocycles. The third-order valence-corrected chi connectivity index (χ3v) is 4.17. The predicted molar refractivity (Wildman–Crippen MR) is 92.4 cm³/mol. The zero-order valence-electron chi connectivity index (χ0n) is 14.4. The lowest BCUT2D eigenvalue weighted by molar-refractivity contribution is 0.0690. The van der Waals surface area contributed by atoms with Crippen LogP contribution in [0.4, 0.5) is 0 Å². The smallest absolute Gasteiger partial charge is 0.337 e. The molecule has 1 N–H and O–H groups in total. The lowest BCUT2D eigenvalue weighted by Crippen LogP contribution is -2.37. The Morgan fingerprint density at radius 2 is 1.75 bits per heavy atom. The lowest BCUT2D eigenvalue weighted by atomic mass is 10.0. The summed E-state index contributed by atoms with van der Waals surface area (Å²) in [7, 11) is 1.74. The maximum absolute atomic E-state index is 12.6. The lowest BCUT2D eigenvalue weighted by Gasteiger charge is -2.25. The number of carboxylic acid groups (broad SMARTS) is 1. The Morgan fingerprint density at radius 1 is 1.12 bits per heavy atom. The van der Waals surface area contributed by atoms with E-state index in [4.69, 9.17) is 5.11 Å². The summed E-state index contributed by atoms with van der Waals surface area (Å²) in [5.74, 6) is -1.25. The molecule has 0 aliphatic rings. The average molecular weight is 326 g/mol. The van der Waals surface area contributed by atoms with Crippen LogP contribution in [0.5, 0.6) is 0 Å². The molecule has 1 unspecified atom stereocenters. The quantitative estimate of drug-likeness (QED) is 0.916. The number of benzene rings is 1. The number of carbonyl (C=O) groups is 2. The molecule has 0 aliphatic heterocycles. The van der Waals surface area contributed by atoms with Crippen molar-refractivity contribution in [2.45, 2.75) is 33.2 Å². The van der Waals surface area contributed by atoms with Crippen molar-refractivity contribution in [3.8, 4) is 0 Å². The first-order chi connectivity index (χ1) is 11.3. The zero-order valence-corrected chi connectivity index (χ0v) is 14.4. The number of carbonyl (C=O) groups excluding carboxylic acids is 1. The second kappa shape index (κ2) is 7.25. The fourth-order valence-electron chi connectivity index (χ4n) is 2.49. The van der Waals surface area contributed by atoms with Gasteiger partial charge in [0.1, 0.15) is 5.69 Å². The molecule has 2 aromatic rings. The number of rotatable bonds is 5. The van der Waals surface area contributed by atoms with E-state index in [-0.39, 0.29) is 23.2 Å². The molecule has 1 atom stereocenters. The summed E-state index contributed by atoms with van der Waals surface area (Å²) in [6, 6.07) is 11.1. The van der Waals surface area contributed by atoms with Crippen molar-refractivity contribution in [2.75, 3.05) is 7.05 Å². The summed E-state index contributed by atoms with van der Waals surface area (Å²) in [5, 5.41) is 9.04. The van der Waals surface area contributed by atoms with Crippen molar-refractivity contribution in [1.29, 1.82) is 0 Å². The van der Waals surface area contributed by atoms with Gasteiger partial charge in [-0.25, -0.2) is 9.78 Å². The van der Waals surface area contributed by atoms with Crippen LogP contribution in [0.3, 0.4) is 0 Å². The van der Waals surface area contributed by atoms with E-state index in [1.807, 2.05) is 13.8 Å². The van der Waals surface area contributed by atoms with Crippen molar-refractivity contribution in [2.24, 2.45) is 0 Å². The van der Waals surface area contributed by atoms with Gasteiger partial charge in [-0.3, -0.25) is 4.79 Å². The number of carboxylic acids is 1. The van der Waals surface area contributed by atoms with Gasteiger partial charge in [0.2, 0.25) is 0 Å². The maximum Gasteiger partial charge on any atom is 0.337 e. The topological polar surface area (TPSA) is 70.5 Å². The third-order valence-electron chi connectivity index (χ3n) is 4.17. The molecule has 5 nitrogen and oxygen atoms in total. The monoisotopic (exact) mass is 326 g/mol. The van der Waals surface area contributed by atoms with E-state index in [9.17, 15) is 9.59 Å². The van der Waals surface area contributed by atoms with Crippen LogP contribution in [0.25, 0.3) is 0 Å². The fraction of sp³-hybridized carbons (Fsp3) is 0.316. The van der Waals surface area contributed by atoms with E-state index < -0.39 is 5.97 Å². The van der Waals surface area contributed by atoms with Gasteiger partial charge in [0, 0.05) is 13.1 Å². The van der Waals surface area contributed by atoms with Crippen molar-refractivity contribution >= 4 is 11.9 Å². The van der Waals surface area contributed by atoms with Crippen LogP contribution in [-0.4, -0.2) is 40.0 Å². The minimum atomic E-state index is -1.04. The molecule has 0 spiro atoms. The number of nitrogens with zero attached hydrogens (tertiary/aromatic N) is 2. The van der Waals surface area contributed by atoms with Crippen LogP contribution in [0.15, 0.2) is 36.4 Å². The van der Waals surface area contributed by atoms with Crippen LogP contribution >= 0.6 is 0 Å². The molecule has 24 heavy (non-hydrogen) atoms. The number of aromatic nitrogens is 1. The highest BCUT2D eigenvalue weighted by molar-refractivity contribution is 5.94. The third kappa shape index (κ3) is 3.98. The van der Waals surface area contributed by atoms with Crippen LogP contribution < -0.4 is 0 Å². The van der Waals surface area contributed by atoms with Crippen molar-refractivity contribution < 1.29 is 14.7 Å². The minimum Gasteiger partial charge on any atom is -0.478 e. The molecule has 1 heterocycles. The number of amides is 1. The Kier molecular flexibility index (Phi) is 5.34. The first-order valence-corrected chi connectivity index (χ1v) is 7.83. The standard InChI is InChI=1S/C19H22N2O3/c1-12-5-7-15(8-6-12)11-13(2)21(4)18(22)17-10-9-16(19(23)24)14(3)20-17/h5-10,13H,11H2,1-4H3,(H,23,24). The van der Waals surface area contributed by atoms with Gasteiger partial charge in [0.15, 0.2) is 0 Å². The van der Waals surface area contributed by atoms with Crippen LogP contribution in [0.1, 0.15) is 44.6 Å². The molecule has 0 saturated heterocycles. The van der Waals surface area contributed by atoms with Crippen molar-refractivity contribution in [3.63, 3.8) is 0 Å². The first kappa shape index (κ1) is 17.7. The first-order valence-electron chi connectivity index (χ1n) is 7.83. The molecule has 0 bridgehead atoms. The Bertz CT molecular complexity index is 754. The second-order valence-corrected chi connectivity index (χ2v) is 6.09. The van der Waals surface area contributed by atoms with E-state index in [1.165, 1.54) is 17.7 Å². The minimum absolute atomic E-state index is 0.00135. The predicted octanol–water partition coefficient (Wildman–Crippen LogP) is 3.10. The zero-order chi connectivity index (χ0) is 17.9. The highest BCUT2D eigenvalue weighted by Crippen LogP contribution is 2.13. The van der Waals surface area contributed by atoms with E-state index in [2.05, 4.69) is 29.2 Å². The SMILES string of the molecule is Cc1ccc(CC(C)N(C)C(=O)c2ccc(C(=O)O)c(C)n2)cc1. The van der Waals surface area contributed by atoms with Gasteiger partial charge < -0.3 is 10.0 Å². The molecule has 1 amide bonds. The number of pyridine rings is 1. The van der Waals surface area contributed by atoms with Gasteiger partial charge in [-0.15, -0.1) is 0 Å². The van der Waals surface area contributed by atoms with Gasteiger partial charge in [-0.1, -0.05) is 29.8 Å². The molecular formula is C19H22N2O3. The maximum atomic E-state index is 12.6. The Hall–Kier alpha value is -2.69. The second-order valence-electron chi connectivity index (χ2n) is 6.09. The van der Waals surface area contributed by atoms with E-state index in [1.54, 1.807) is 18.9 Å². The average Bonchev–Trinajstić information content (AvgIpc) is 2.55. The van der Waals surface area contributed by atoms with Crippen LogP contribution in [-0.2, 0) is 6.42 Å². The number of aromatic carboxylic acids is 1. The summed E-state index contributed by atoms with van der Waals surface area (Å²) in [6.45, 7) is 5.61. The molecule has 126 valence electrons. The Labute approximate surface area is 142 Å². The van der Waals surface area contributed by atoms with Gasteiger partial charge in [0.05, 0.1) is 11.3 Å². The number of hydrogen-bond donors (Lipinski definition) is 1. The molecule has 0 fully saturated rings. The molecule has 0 saturated carbocycles. The van der Waals surface area contributed by atoms with Gasteiger partial charge >= 0.3 is 5.97 Å². The Morgan fingerprint density at radius 3 is 2.29 bits per heavy atom. The number of aryl methyl sites for hydroxylation is 2. The van der Waals surface area contributed by atoms with E-state index >= 15 is 0 Å². The van der Waals surface area contributed by atoms with E-state index in [0.29, 0.717) is 5.69 Å². The van der Waals surface area contributed by atoms with Crippen LogP contribution in [0, 0.1) is 13.8 Å². The highest BCUT2D eigenvalue weighted by atomic mass is 16.4. The number of hydrogen-bond acceptors (Lipinski definition) is 3. The summed E-state index contributed by atoms with van der Waals surface area (Å²) >= 11 is 0. The van der Waals surface area contributed by atoms with Crippen LogP contribution in [0.2, 0.25) is 0 Å². The molecule has 0 aliphatic carbocycles. The number of likely N-dealkylation sites (N-methyl/N-ethyl adjacent to an activating group) is 1. The van der Waals surface area contributed by atoms with Gasteiger partial charge in [-0.2, -0.15) is 0 Å². The summed E-state index contributed by atoms with van der Waals surface area (Å²) in [6.07, 6.45) is 0.745. The molecule has 5 heteroatoms.